The van der Waals surface area contributed by atoms with Crippen LogP contribution in [0.1, 0.15) is 47.5 Å². The second kappa shape index (κ2) is 5.64. The van der Waals surface area contributed by atoms with Crippen LogP contribution in [0.5, 0.6) is 0 Å². The van der Waals surface area contributed by atoms with Gasteiger partial charge in [-0.05, 0) is 33.6 Å². The number of nitrogens with zero attached hydrogens (tertiary/aromatic N) is 2. The summed E-state index contributed by atoms with van der Waals surface area (Å²) in [5.74, 6) is -0.900. The minimum atomic E-state index is -1.16. The molecule has 0 aliphatic carbocycles. The third-order valence-corrected chi connectivity index (χ3v) is 3.54. The summed E-state index contributed by atoms with van der Waals surface area (Å²) in [6.07, 6.45) is 3.84. The third-order valence-electron chi connectivity index (χ3n) is 3.54. The van der Waals surface area contributed by atoms with E-state index in [4.69, 9.17) is 0 Å². The second-order valence-electron chi connectivity index (χ2n) is 5.84. The molecule has 0 saturated carbocycles. The lowest BCUT2D eigenvalue weighted by Gasteiger charge is -2.29. The molecule has 1 rings (SSSR count). The maximum atomic E-state index is 12.4. The van der Waals surface area contributed by atoms with Crippen LogP contribution < -0.4 is 10.9 Å². The smallest absolute Gasteiger partial charge is 0.329 e. The van der Waals surface area contributed by atoms with Gasteiger partial charge >= 0.3 is 5.97 Å². The number of carbonyl (C=O) groups is 1. The van der Waals surface area contributed by atoms with Gasteiger partial charge in [-0.1, -0.05) is 13.8 Å². The first kappa shape index (κ1) is 16.2. The van der Waals surface area contributed by atoms with Gasteiger partial charge in [0, 0.05) is 17.9 Å². The highest BCUT2D eigenvalue weighted by atomic mass is 16.4. The van der Waals surface area contributed by atoms with Crippen LogP contribution in [0.15, 0.2) is 17.2 Å². The first-order valence-corrected chi connectivity index (χ1v) is 6.77. The molecular formula is C14H23N3O3. The van der Waals surface area contributed by atoms with E-state index in [0.29, 0.717) is 12.8 Å². The Balaban J connectivity index is 3.29. The first-order chi connectivity index (χ1) is 9.18. The van der Waals surface area contributed by atoms with Gasteiger partial charge in [0.15, 0.2) is 5.82 Å². The monoisotopic (exact) mass is 281 g/mol. The highest BCUT2D eigenvalue weighted by Crippen LogP contribution is 2.20. The molecule has 0 saturated heterocycles. The summed E-state index contributed by atoms with van der Waals surface area (Å²) in [5.41, 5.74) is -1.86. The molecule has 6 nitrogen and oxygen atoms in total. The molecule has 20 heavy (non-hydrogen) atoms. The number of nitrogens with one attached hydrogen (secondary N) is 1. The molecule has 0 fully saturated rings. The van der Waals surface area contributed by atoms with Crippen molar-refractivity contribution in [2.24, 2.45) is 0 Å². The number of hydrogen-bond acceptors (Lipinski definition) is 4. The second-order valence-corrected chi connectivity index (χ2v) is 5.84. The van der Waals surface area contributed by atoms with Gasteiger partial charge in [-0.15, -0.1) is 0 Å². The van der Waals surface area contributed by atoms with Gasteiger partial charge < -0.3 is 15.0 Å². The van der Waals surface area contributed by atoms with Crippen molar-refractivity contribution >= 4 is 11.8 Å². The Kier molecular flexibility index (Phi) is 4.57. The molecule has 1 aromatic heterocycles. The van der Waals surface area contributed by atoms with Crippen LogP contribution in [0, 0.1) is 0 Å². The van der Waals surface area contributed by atoms with Crippen LogP contribution in [0.3, 0.4) is 0 Å². The predicted octanol–water partition coefficient (Wildman–Crippen LogP) is 2.05. The lowest BCUT2D eigenvalue weighted by atomic mass is 9.93. The first-order valence-electron chi connectivity index (χ1n) is 6.77. The molecule has 0 spiro atoms. The van der Waals surface area contributed by atoms with Crippen LogP contribution in [-0.2, 0) is 10.3 Å². The quantitative estimate of drug-likeness (QED) is 0.863. The van der Waals surface area contributed by atoms with Crippen molar-refractivity contribution < 1.29 is 9.90 Å². The number of carboxylic acid groups (broad SMARTS) is 1. The van der Waals surface area contributed by atoms with Crippen LogP contribution in [-0.4, -0.2) is 26.2 Å². The largest absolute Gasteiger partial charge is 0.480 e. The lowest BCUT2D eigenvalue weighted by molar-refractivity contribution is -0.142. The summed E-state index contributed by atoms with van der Waals surface area (Å²) in [7, 11) is 0. The van der Waals surface area contributed by atoms with Gasteiger partial charge in [0.25, 0.3) is 5.56 Å². The summed E-state index contributed by atoms with van der Waals surface area (Å²) in [4.78, 5) is 27.9. The molecule has 0 bridgehead atoms. The molecule has 0 radical (unpaired) electrons. The van der Waals surface area contributed by atoms with Gasteiger partial charge in [0.05, 0.1) is 0 Å². The van der Waals surface area contributed by atoms with Crippen LogP contribution in [0.4, 0.5) is 5.82 Å². The highest BCUT2D eigenvalue weighted by Gasteiger charge is 2.36. The zero-order valence-corrected chi connectivity index (χ0v) is 12.7. The molecule has 0 amide bonds. The van der Waals surface area contributed by atoms with Gasteiger partial charge in [0.2, 0.25) is 0 Å². The molecule has 0 unspecified atom stereocenters. The van der Waals surface area contributed by atoms with Crippen LogP contribution in [0.25, 0.3) is 0 Å². The van der Waals surface area contributed by atoms with E-state index < -0.39 is 11.5 Å². The summed E-state index contributed by atoms with van der Waals surface area (Å²) in [5, 5.41) is 12.2. The number of hydrogen-bond donors (Lipinski definition) is 2. The Hall–Kier alpha value is -1.85. The van der Waals surface area contributed by atoms with E-state index in [9.17, 15) is 14.7 Å². The van der Waals surface area contributed by atoms with Crippen molar-refractivity contribution in [2.45, 2.75) is 58.5 Å². The summed E-state index contributed by atoms with van der Waals surface area (Å²) < 4.78 is 1.54. The van der Waals surface area contributed by atoms with E-state index in [1.54, 1.807) is 24.6 Å². The van der Waals surface area contributed by atoms with E-state index in [1.807, 2.05) is 20.8 Å². The maximum absolute atomic E-state index is 12.4. The Morgan fingerprint density at radius 1 is 1.35 bits per heavy atom. The van der Waals surface area contributed by atoms with Gasteiger partial charge in [0.1, 0.15) is 5.54 Å². The van der Waals surface area contributed by atoms with Crippen molar-refractivity contribution in [3.8, 4) is 0 Å². The van der Waals surface area contributed by atoms with Crippen LogP contribution in [0.2, 0.25) is 0 Å². The third kappa shape index (κ3) is 3.00. The standard InChI is InChI=1S/C14H23N3O3/c1-6-14(7-2,12(19)20)16-10-11(18)17(9-8-15-10)13(3,4)5/h8-9H,6-7H2,1-5H3,(H,15,16)(H,19,20). The van der Waals surface area contributed by atoms with Crippen molar-refractivity contribution in [1.29, 1.82) is 0 Å². The predicted molar refractivity (Wildman–Crippen MR) is 78.1 cm³/mol. The van der Waals surface area contributed by atoms with Crippen molar-refractivity contribution in [1.82, 2.24) is 9.55 Å². The molecule has 0 aromatic carbocycles. The summed E-state index contributed by atoms with van der Waals surface area (Å²) in [6, 6.07) is 0. The van der Waals surface area contributed by atoms with E-state index in [-0.39, 0.29) is 16.9 Å². The SMILES string of the molecule is CCC(CC)(Nc1nccn(C(C)(C)C)c1=O)C(=O)O. The normalized spacial score (nSPS) is 12.2. The summed E-state index contributed by atoms with van der Waals surface area (Å²) in [6.45, 7) is 9.26. The molecule has 0 atom stereocenters. The van der Waals surface area contributed by atoms with E-state index in [1.165, 1.54) is 6.20 Å². The van der Waals surface area contributed by atoms with Crippen LogP contribution >= 0.6 is 0 Å². The zero-order valence-electron chi connectivity index (χ0n) is 12.7. The van der Waals surface area contributed by atoms with Crippen molar-refractivity contribution in [3.63, 3.8) is 0 Å². The molecule has 6 heteroatoms. The van der Waals surface area contributed by atoms with Gasteiger partial charge in [-0.25, -0.2) is 9.78 Å². The lowest BCUT2D eigenvalue weighted by Crippen LogP contribution is -2.48. The fourth-order valence-electron chi connectivity index (χ4n) is 2.03. The molecule has 1 heterocycles. The number of aromatic nitrogens is 2. The topological polar surface area (TPSA) is 84.2 Å². The van der Waals surface area contributed by atoms with Crippen molar-refractivity contribution in [3.05, 3.63) is 22.7 Å². The van der Waals surface area contributed by atoms with E-state index in [0.717, 1.165) is 0 Å². The summed E-state index contributed by atoms with van der Waals surface area (Å²) >= 11 is 0. The minimum absolute atomic E-state index is 0.0773. The molecule has 2 N–H and O–H groups in total. The Bertz CT molecular complexity index is 539. The van der Waals surface area contributed by atoms with E-state index >= 15 is 0 Å². The molecular weight excluding hydrogens is 258 g/mol. The van der Waals surface area contributed by atoms with Crippen molar-refractivity contribution in [2.75, 3.05) is 5.32 Å². The fourth-order valence-corrected chi connectivity index (χ4v) is 2.03. The van der Waals surface area contributed by atoms with Gasteiger partial charge in [-0.3, -0.25) is 4.79 Å². The number of carboxylic acids is 1. The maximum Gasteiger partial charge on any atom is 0.329 e. The average Bonchev–Trinajstić information content (AvgIpc) is 2.36. The molecule has 0 aliphatic rings. The number of aliphatic carboxylic acids is 1. The fraction of sp³-hybridized carbons (Fsp3) is 0.643. The number of anilines is 1. The minimum Gasteiger partial charge on any atom is -0.480 e. The Labute approximate surface area is 118 Å². The molecule has 112 valence electrons. The van der Waals surface area contributed by atoms with E-state index in [2.05, 4.69) is 10.3 Å². The zero-order chi connectivity index (χ0) is 15.6. The Morgan fingerprint density at radius 3 is 2.30 bits per heavy atom. The number of rotatable bonds is 5. The molecule has 0 aliphatic heterocycles. The highest BCUT2D eigenvalue weighted by molar-refractivity contribution is 5.82. The molecule has 1 aromatic rings. The Morgan fingerprint density at radius 2 is 1.90 bits per heavy atom. The average molecular weight is 281 g/mol. The van der Waals surface area contributed by atoms with Gasteiger partial charge in [-0.2, -0.15) is 0 Å².